The van der Waals surface area contributed by atoms with Gasteiger partial charge < -0.3 is 19.8 Å². The standard InChI is InChI=1S/C26H26N2O3/c1-4-18-7-6-8-21-20-12-11-19(16-22(20)28-26(18)21)27-25(29)14-10-17-9-13-23(31-5-2)24(15-17)30-3/h6-16,28H,4-5H2,1-3H3,(H,27,29)/b14-10+. The van der Waals surface area contributed by atoms with Gasteiger partial charge in [0.2, 0.25) is 5.91 Å². The molecule has 0 atom stereocenters. The summed E-state index contributed by atoms with van der Waals surface area (Å²) in [5, 5.41) is 5.29. The van der Waals surface area contributed by atoms with Crippen LogP contribution in [0, 0.1) is 0 Å². The van der Waals surface area contributed by atoms with Crippen molar-refractivity contribution in [3.63, 3.8) is 0 Å². The summed E-state index contributed by atoms with van der Waals surface area (Å²) in [7, 11) is 1.60. The summed E-state index contributed by atoms with van der Waals surface area (Å²) >= 11 is 0. The number of H-pyrrole nitrogens is 1. The highest BCUT2D eigenvalue weighted by Crippen LogP contribution is 2.30. The molecule has 0 bridgehead atoms. The summed E-state index contributed by atoms with van der Waals surface area (Å²) in [5.74, 6) is 1.13. The number of nitrogens with one attached hydrogen (secondary N) is 2. The van der Waals surface area contributed by atoms with Crippen molar-refractivity contribution in [2.45, 2.75) is 20.3 Å². The van der Waals surface area contributed by atoms with Gasteiger partial charge in [0.25, 0.3) is 0 Å². The van der Waals surface area contributed by atoms with Crippen LogP contribution in [-0.4, -0.2) is 24.6 Å². The lowest BCUT2D eigenvalue weighted by Crippen LogP contribution is -2.07. The van der Waals surface area contributed by atoms with E-state index >= 15 is 0 Å². The van der Waals surface area contributed by atoms with E-state index < -0.39 is 0 Å². The fourth-order valence-electron chi connectivity index (χ4n) is 3.78. The molecule has 1 heterocycles. The van der Waals surface area contributed by atoms with Crippen LogP contribution in [0.4, 0.5) is 5.69 Å². The Hall–Kier alpha value is -3.73. The number of anilines is 1. The van der Waals surface area contributed by atoms with E-state index in [1.165, 1.54) is 17.0 Å². The molecular formula is C26H26N2O3. The van der Waals surface area contributed by atoms with E-state index in [2.05, 4.69) is 35.4 Å². The molecule has 0 unspecified atom stereocenters. The van der Waals surface area contributed by atoms with E-state index in [1.54, 1.807) is 13.2 Å². The third-order valence-electron chi connectivity index (χ3n) is 5.28. The number of para-hydroxylation sites is 1. The van der Waals surface area contributed by atoms with Crippen LogP contribution < -0.4 is 14.8 Å². The van der Waals surface area contributed by atoms with E-state index in [0.717, 1.165) is 34.1 Å². The molecule has 5 heteroatoms. The molecule has 0 aliphatic rings. The Labute approximate surface area is 181 Å². The van der Waals surface area contributed by atoms with E-state index in [9.17, 15) is 4.79 Å². The molecule has 158 valence electrons. The van der Waals surface area contributed by atoms with Gasteiger partial charge >= 0.3 is 0 Å². The fraction of sp³-hybridized carbons (Fsp3) is 0.192. The maximum Gasteiger partial charge on any atom is 0.248 e. The van der Waals surface area contributed by atoms with Crippen LogP contribution in [-0.2, 0) is 11.2 Å². The zero-order valence-electron chi connectivity index (χ0n) is 18.0. The zero-order chi connectivity index (χ0) is 21.8. The molecule has 5 nitrogen and oxygen atoms in total. The SMILES string of the molecule is CCOc1ccc(/C=C/C(=O)Nc2ccc3c(c2)[nH]c2c(CC)cccc23)cc1OC. The average molecular weight is 415 g/mol. The minimum atomic E-state index is -0.197. The molecule has 4 aromatic rings. The number of benzene rings is 3. The number of aryl methyl sites for hydroxylation is 1. The van der Waals surface area contributed by atoms with Gasteiger partial charge in [0.15, 0.2) is 11.5 Å². The second-order valence-electron chi connectivity index (χ2n) is 7.24. The quantitative estimate of drug-likeness (QED) is 0.368. The molecule has 0 fully saturated rings. The Bertz CT molecular complexity index is 1270. The molecule has 2 N–H and O–H groups in total. The van der Waals surface area contributed by atoms with Gasteiger partial charge in [-0.15, -0.1) is 0 Å². The summed E-state index contributed by atoms with van der Waals surface area (Å²) in [5.41, 5.74) is 5.05. The number of fused-ring (bicyclic) bond motifs is 3. The molecule has 1 aromatic heterocycles. The van der Waals surface area contributed by atoms with Crippen molar-refractivity contribution >= 4 is 39.5 Å². The van der Waals surface area contributed by atoms with E-state index in [-0.39, 0.29) is 5.91 Å². The Kier molecular flexibility index (Phi) is 5.94. The molecule has 0 saturated carbocycles. The number of aromatic nitrogens is 1. The fourth-order valence-corrected chi connectivity index (χ4v) is 3.78. The third kappa shape index (κ3) is 4.26. The molecule has 0 aliphatic carbocycles. The highest BCUT2D eigenvalue weighted by Gasteiger charge is 2.09. The van der Waals surface area contributed by atoms with Crippen molar-refractivity contribution in [3.05, 3.63) is 71.8 Å². The van der Waals surface area contributed by atoms with Crippen LogP contribution in [0.2, 0.25) is 0 Å². The Morgan fingerprint density at radius 2 is 1.90 bits per heavy atom. The summed E-state index contributed by atoms with van der Waals surface area (Å²) in [4.78, 5) is 16.0. The van der Waals surface area contributed by atoms with Crippen molar-refractivity contribution in [3.8, 4) is 11.5 Å². The number of ether oxygens (including phenoxy) is 2. The summed E-state index contributed by atoms with van der Waals surface area (Å²) in [6, 6.07) is 17.9. The molecule has 3 aromatic carbocycles. The second-order valence-corrected chi connectivity index (χ2v) is 7.24. The number of rotatable bonds is 7. The average Bonchev–Trinajstić information content (AvgIpc) is 3.16. The van der Waals surface area contributed by atoms with Crippen LogP contribution in [0.15, 0.2) is 60.7 Å². The van der Waals surface area contributed by atoms with Crippen molar-refractivity contribution in [1.82, 2.24) is 4.98 Å². The first kappa shape index (κ1) is 20.5. The van der Waals surface area contributed by atoms with E-state index in [1.807, 2.05) is 43.3 Å². The van der Waals surface area contributed by atoms with Gasteiger partial charge in [-0.3, -0.25) is 4.79 Å². The van der Waals surface area contributed by atoms with Gasteiger partial charge in [-0.25, -0.2) is 0 Å². The molecule has 0 radical (unpaired) electrons. The van der Waals surface area contributed by atoms with E-state index in [4.69, 9.17) is 9.47 Å². The lowest BCUT2D eigenvalue weighted by molar-refractivity contribution is -0.111. The topological polar surface area (TPSA) is 63.3 Å². The van der Waals surface area contributed by atoms with Crippen LogP contribution >= 0.6 is 0 Å². The minimum absolute atomic E-state index is 0.197. The zero-order valence-corrected chi connectivity index (χ0v) is 18.0. The largest absolute Gasteiger partial charge is 0.493 e. The van der Waals surface area contributed by atoms with Crippen LogP contribution in [0.25, 0.3) is 27.9 Å². The predicted octanol–water partition coefficient (Wildman–Crippen LogP) is 5.94. The Balaban J connectivity index is 1.52. The minimum Gasteiger partial charge on any atom is -0.493 e. The van der Waals surface area contributed by atoms with E-state index in [0.29, 0.717) is 18.1 Å². The number of carbonyl (C=O) groups excluding carboxylic acids is 1. The molecular weight excluding hydrogens is 388 g/mol. The number of amides is 1. The molecule has 0 aliphatic heterocycles. The smallest absolute Gasteiger partial charge is 0.248 e. The lowest BCUT2D eigenvalue weighted by Gasteiger charge is -2.09. The molecule has 31 heavy (non-hydrogen) atoms. The van der Waals surface area contributed by atoms with Crippen LogP contribution in [0.1, 0.15) is 25.0 Å². The number of aromatic amines is 1. The first-order valence-electron chi connectivity index (χ1n) is 10.5. The monoisotopic (exact) mass is 414 g/mol. The summed E-state index contributed by atoms with van der Waals surface area (Å²) < 4.78 is 10.9. The molecule has 4 rings (SSSR count). The number of carbonyl (C=O) groups is 1. The Morgan fingerprint density at radius 1 is 1.03 bits per heavy atom. The van der Waals surface area contributed by atoms with Crippen molar-refractivity contribution in [2.75, 3.05) is 19.0 Å². The van der Waals surface area contributed by atoms with Crippen molar-refractivity contribution < 1.29 is 14.3 Å². The van der Waals surface area contributed by atoms with Crippen molar-refractivity contribution in [1.29, 1.82) is 0 Å². The van der Waals surface area contributed by atoms with Crippen molar-refractivity contribution in [2.24, 2.45) is 0 Å². The molecule has 1 amide bonds. The van der Waals surface area contributed by atoms with Gasteiger partial charge in [0.05, 0.1) is 13.7 Å². The highest BCUT2D eigenvalue weighted by molar-refractivity contribution is 6.10. The lowest BCUT2D eigenvalue weighted by atomic mass is 10.1. The third-order valence-corrected chi connectivity index (χ3v) is 5.28. The Morgan fingerprint density at radius 3 is 2.68 bits per heavy atom. The van der Waals surface area contributed by atoms with Gasteiger partial charge in [0, 0.05) is 33.6 Å². The summed E-state index contributed by atoms with van der Waals surface area (Å²) in [6.45, 7) is 4.64. The maximum absolute atomic E-state index is 12.5. The summed E-state index contributed by atoms with van der Waals surface area (Å²) in [6.07, 6.45) is 4.23. The highest BCUT2D eigenvalue weighted by atomic mass is 16.5. The van der Waals surface area contributed by atoms with Crippen LogP contribution in [0.5, 0.6) is 11.5 Å². The maximum atomic E-state index is 12.5. The van der Waals surface area contributed by atoms with Crippen LogP contribution in [0.3, 0.4) is 0 Å². The second kappa shape index (κ2) is 8.96. The number of methoxy groups -OCH3 is 1. The molecule has 0 spiro atoms. The predicted molar refractivity (Wildman–Crippen MR) is 127 cm³/mol. The van der Waals surface area contributed by atoms with Gasteiger partial charge in [-0.1, -0.05) is 37.3 Å². The number of hydrogen-bond acceptors (Lipinski definition) is 3. The van der Waals surface area contributed by atoms with Gasteiger partial charge in [-0.2, -0.15) is 0 Å². The normalized spacial score (nSPS) is 11.3. The number of hydrogen-bond donors (Lipinski definition) is 2. The van der Waals surface area contributed by atoms with Gasteiger partial charge in [-0.05, 0) is 54.8 Å². The first-order valence-corrected chi connectivity index (χ1v) is 10.5. The van der Waals surface area contributed by atoms with Gasteiger partial charge in [0.1, 0.15) is 0 Å². The molecule has 0 saturated heterocycles. The first-order chi connectivity index (χ1) is 15.1.